The first-order valence-electron chi connectivity index (χ1n) is 8.47. The van der Waals surface area contributed by atoms with E-state index < -0.39 is 11.9 Å². The topological polar surface area (TPSA) is 86.7 Å². The highest BCUT2D eigenvalue weighted by Crippen LogP contribution is 2.35. The molecular weight excluding hydrogens is 308 g/mol. The van der Waals surface area contributed by atoms with Crippen molar-refractivity contribution in [2.75, 3.05) is 11.9 Å². The highest BCUT2D eigenvalue weighted by molar-refractivity contribution is 6.01. The Hall–Kier alpha value is -2.37. The van der Waals surface area contributed by atoms with Crippen LogP contribution in [0.25, 0.3) is 0 Å². The van der Waals surface area contributed by atoms with E-state index in [1.807, 2.05) is 29.2 Å². The van der Waals surface area contributed by atoms with Gasteiger partial charge in [0.1, 0.15) is 0 Å². The number of carbonyl (C=O) groups is 3. The summed E-state index contributed by atoms with van der Waals surface area (Å²) in [4.78, 5) is 37.8. The number of piperidine rings is 1. The van der Waals surface area contributed by atoms with Crippen molar-refractivity contribution in [3.63, 3.8) is 0 Å². The van der Waals surface area contributed by atoms with Gasteiger partial charge in [0.05, 0.1) is 5.92 Å². The van der Waals surface area contributed by atoms with Crippen LogP contribution >= 0.6 is 0 Å². The van der Waals surface area contributed by atoms with E-state index in [2.05, 4.69) is 5.32 Å². The largest absolute Gasteiger partial charge is 0.481 e. The zero-order chi connectivity index (χ0) is 17.1. The number of carboxylic acids is 1. The number of rotatable bonds is 4. The number of aliphatic carboxylic acids is 1. The van der Waals surface area contributed by atoms with Gasteiger partial charge in [-0.05, 0) is 37.3 Å². The molecule has 1 aromatic carbocycles. The van der Waals surface area contributed by atoms with E-state index in [1.54, 1.807) is 0 Å². The highest BCUT2D eigenvalue weighted by Gasteiger charge is 2.36. The first-order chi connectivity index (χ1) is 11.6. The molecule has 6 nitrogen and oxygen atoms in total. The lowest BCUT2D eigenvalue weighted by molar-refractivity contribution is -0.141. The zero-order valence-corrected chi connectivity index (χ0v) is 13.5. The summed E-state index contributed by atoms with van der Waals surface area (Å²) >= 11 is 0. The maximum absolute atomic E-state index is 13.1. The van der Waals surface area contributed by atoms with Crippen molar-refractivity contribution >= 4 is 23.5 Å². The molecule has 6 heteroatoms. The van der Waals surface area contributed by atoms with Crippen LogP contribution in [0.2, 0.25) is 0 Å². The molecule has 2 heterocycles. The fourth-order valence-corrected chi connectivity index (χ4v) is 3.71. The quantitative estimate of drug-likeness (QED) is 0.887. The van der Waals surface area contributed by atoms with Crippen molar-refractivity contribution in [2.24, 2.45) is 0 Å². The summed E-state index contributed by atoms with van der Waals surface area (Å²) in [5, 5.41) is 11.7. The predicted molar refractivity (Wildman–Crippen MR) is 88.7 cm³/mol. The summed E-state index contributed by atoms with van der Waals surface area (Å²) in [7, 11) is 0. The second-order valence-electron chi connectivity index (χ2n) is 6.51. The van der Waals surface area contributed by atoms with Gasteiger partial charge in [0.15, 0.2) is 0 Å². The standard InChI is InChI=1S/C18H22N2O4/c21-16-11-14(13-6-1-2-7-15(13)19-16)18(24)20-10-4-3-5-12(20)8-9-17(22)23/h1-2,6-7,12,14H,3-5,8-11H2,(H,19,21)(H,22,23). The molecule has 1 aromatic rings. The first kappa shape index (κ1) is 16.5. The number of amides is 2. The summed E-state index contributed by atoms with van der Waals surface area (Å²) < 4.78 is 0. The van der Waals surface area contributed by atoms with Crippen molar-refractivity contribution in [1.29, 1.82) is 0 Å². The fourth-order valence-electron chi connectivity index (χ4n) is 3.71. The van der Waals surface area contributed by atoms with Gasteiger partial charge in [-0.1, -0.05) is 18.2 Å². The van der Waals surface area contributed by atoms with Crippen molar-refractivity contribution in [2.45, 2.75) is 50.5 Å². The van der Waals surface area contributed by atoms with Crippen molar-refractivity contribution < 1.29 is 19.5 Å². The minimum Gasteiger partial charge on any atom is -0.481 e. The second-order valence-corrected chi connectivity index (χ2v) is 6.51. The molecule has 0 radical (unpaired) electrons. The van der Waals surface area contributed by atoms with Crippen LogP contribution in [0.4, 0.5) is 5.69 Å². The summed E-state index contributed by atoms with van der Waals surface area (Å²) in [5.41, 5.74) is 1.55. The van der Waals surface area contributed by atoms with Crippen LogP contribution in [0.1, 0.15) is 50.0 Å². The molecule has 2 aliphatic heterocycles. The van der Waals surface area contributed by atoms with E-state index in [-0.39, 0.29) is 30.7 Å². The number of nitrogens with zero attached hydrogens (tertiary/aromatic N) is 1. The van der Waals surface area contributed by atoms with Gasteiger partial charge < -0.3 is 15.3 Å². The average molecular weight is 330 g/mol. The van der Waals surface area contributed by atoms with Gasteiger partial charge in [0.2, 0.25) is 11.8 Å². The lowest BCUT2D eigenvalue weighted by Crippen LogP contribution is -2.47. The van der Waals surface area contributed by atoms with Gasteiger partial charge in [-0.15, -0.1) is 0 Å². The Morgan fingerprint density at radius 1 is 1.25 bits per heavy atom. The van der Waals surface area contributed by atoms with E-state index in [1.165, 1.54) is 0 Å². The number of hydrogen-bond donors (Lipinski definition) is 2. The lowest BCUT2D eigenvalue weighted by atomic mass is 9.87. The number of anilines is 1. The number of benzene rings is 1. The molecule has 2 amide bonds. The number of para-hydroxylation sites is 1. The molecule has 2 unspecified atom stereocenters. The van der Waals surface area contributed by atoms with Gasteiger partial charge in [0, 0.05) is 31.1 Å². The Kier molecular flexibility index (Phi) is 4.83. The number of hydrogen-bond acceptors (Lipinski definition) is 3. The number of likely N-dealkylation sites (tertiary alicyclic amines) is 1. The van der Waals surface area contributed by atoms with Crippen LogP contribution in [0.3, 0.4) is 0 Å². The molecule has 2 atom stereocenters. The number of nitrogens with one attached hydrogen (secondary N) is 1. The van der Waals surface area contributed by atoms with Crippen LogP contribution in [-0.4, -0.2) is 40.4 Å². The summed E-state index contributed by atoms with van der Waals surface area (Å²) in [6.45, 7) is 0.642. The van der Waals surface area contributed by atoms with Crippen molar-refractivity contribution in [1.82, 2.24) is 4.90 Å². The minimum absolute atomic E-state index is 0.0421. The van der Waals surface area contributed by atoms with Crippen LogP contribution in [0.15, 0.2) is 24.3 Å². The van der Waals surface area contributed by atoms with Crippen LogP contribution < -0.4 is 5.32 Å². The summed E-state index contributed by atoms with van der Waals surface area (Å²) in [6, 6.07) is 7.36. The Morgan fingerprint density at radius 2 is 2.04 bits per heavy atom. The summed E-state index contributed by atoms with van der Waals surface area (Å²) in [6.07, 6.45) is 3.46. The van der Waals surface area contributed by atoms with Crippen LogP contribution in [0.5, 0.6) is 0 Å². The molecule has 2 N–H and O–H groups in total. The maximum Gasteiger partial charge on any atom is 0.303 e. The first-order valence-corrected chi connectivity index (χ1v) is 8.47. The smallest absolute Gasteiger partial charge is 0.303 e. The van der Waals surface area contributed by atoms with Crippen LogP contribution in [-0.2, 0) is 14.4 Å². The third-order valence-electron chi connectivity index (χ3n) is 4.90. The molecule has 3 rings (SSSR count). The molecule has 1 fully saturated rings. The molecule has 24 heavy (non-hydrogen) atoms. The Bertz CT molecular complexity index is 658. The molecule has 1 saturated heterocycles. The number of carboxylic acid groups (broad SMARTS) is 1. The third kappa shape index (κ3) is 3.42. The molecule has 0 spiro atoms. The number of carbonyl (C=O) groups excluding carboxylic acids is 2. The van der Waals surface area contributed by atoms with Gasteiger partial charge >= 0.3 is 5.97 Å². The van der Waals surface area contributed by atoms with Gasteiger partial charge in [-0.25, -0.2) is 0 Å². The van der Waals surface area contributed by atoms with E-state index in [9.17, 15) is 14.4 Å². The minimum atomic E-state index is -0.838. The Morgan fingerprint density at radius 3 is 2.83 bits per heavy atom. The molecule has 2 aliphatic rings. The second kappa shape index (κ2) is 7.03. The molecule has 0 bridgehead atoms. The van der Waals surface area contributed by atoms with E-state index in [4.69, 9.17) is 5.11 Å². The Labute approximate surface area is 140 Å². The molecule has 0 aliphatic carbocycles. The Balaban J connectivity index is 1.81. The molecular formula is C18H22N2O4. The molecule has 0 aromatic heterocycles. The number of fused-ring (bicyclic) bond motifs is 1. The van der Waals surface area contributed by atoms with Crippen molar-refractivity contribution in [3.05, 3.63) is 29.8 Å². The monoisotopic (exact) mass is 330 g/mol. The van der Waals surface area contributed by atoms with Crippen molar-refractivity contribution in [3.8, 4) is 0 Å². The van der Waals surface area contributed by atoms with E-state index in [0.29, 0.717) is 18.7 Å². The summed E-state index contributed by atoms with van der Waals surface area (Å²) in [5.74, 6) is -1.51. The molecule has 128 valence electrons. The van der Waals surface area contributed by atoms with E-state index >= 15 is 0 Å². The third-order valence-corrected chi connectivity index (χ3v) is 4.90. The average Bonchev–Trinajstić information content (AvgIpc) is 2.58. The van der Waals surface area contributed by atoms with Gasteiger partial charge in [-0.3, -0.25) is 14.4 Å². The normalized spacial score (nSPS) is 23.3. The predicted octanol–water partition coefficient (Wildman–Crippen LogP) is 2.36. The van der Waals surface area contributed by atoms with E-state index in [0.717, 1.165) is 24.8 Å². The van der Waals surface area contributed by atoms with Gasteiger partial charge in [0.25, 0.3) is 0 Å². The molecule has 0 saturated carbocycles. The fraction of sp³-hybridized carbons (Fsp3) is 0.500. The lowest BCUT2D eigenvalue weighted by Gasteiger charge is -2.39. The zero-order valence-electron chi connectivity index (χ0n) is 13.5. The van der Waals surface area contributed by atoms with Crippen LogP contribution in [0, 0.1) is 0 Å². The SMILES string of the molecule is O=C(O)CCC1CCCCN1C(=O)C1CC(=O)Nc2ccccc21. The highest BCUT2D eigenvalue weighted by atomic mass is 16.4. The maximum atomic E-state index is 13.1. The van der Waals surface area contributed by atoms with Gasteiger partial charge in [-0.2, -0.15) is 0 Å².